The molecular weight excluding hydrogens is 308 g/mol. The molecule has 0 bridgehead atoms. The van der Waals surface area contributed by atoms with E-state index in [1.165, 1.54) is 11.8 Å². The molecule has 1 aromatic heterocycles. The van der Waals surface area contributed by atoms with Gasteiger partial charge in [0.2, 0.25) is 5.91 Å². The number of aryl methyl sites for hydroxylation is 1. The topological polar surface area (TPSA) is 59.5 Å². The lowest BCUT2D eigenvalue weighted by Crippen LogP contribution is -2.27. The van der Waals surface area contributed by atoms with Crippen molar-refractivity contribution in [2.45, 2.75) is 18.4 Å². The summed E-state index contributed by atoms with van der Waals surface area (Å²) in [5.74, 6) is 1.88. The number of carbonyl (C=O) groups excluding carboxylic acids is 1. The van der Waals surface area contributed by atoms with Gasteiger partial charge in [-0.05, 0) is 31.2 Å². The van der Waals surface area contributed by atoms with Crippen molar-refractivity contribution in [1.29, 1.82) is 0 Å². The zero-order valence-electron chi connectivity index (χ0n) is 11.9. The van der Waals surface area contributed by atoms with Gasteiger partial charge in [0.15, 0.2) is 0 Å². The molecule has 0 radical (unpaired) electrons. The molecule has 1 aromatic carbocycles. The first-order valence-corrected chi connectivity index (χ1v) is 7.80. The number of nitrogens with zero attached hydrogens (tertiary/aromatic N) is 1. The van der Waals surface area contributed by atoms with Crippen molar-refractivity contribution in [2.24, 2.45) is 0 Å². The summed E-state index contributed by atoms with van der Waals surface area (Å²) in [7, 11) is 1.75. The number of hydrogen-bond donors (Lipinski definition) is 1. The van der Waals surface area contributed by atoms with Gasteiger partial charge in [-0.3, -0.25) is 4.79 Å². The van der Waals surface area contributed by atoms with Gasteiger partial charge in [0.05, 0.1) is 17.3 Å². The number of halogens is 1. The van der Waals surface area contributed by atoms with Crippen LogP contribution in [0.3, 0.4) is 0 Å². The van der Waals surface area contributed by atoms with E-state index < -0.39 is 0 Å². The molecule has 0 aliphatic carbocycles. The smallest absolute Gasteiger partial charge is 0.233 e. The Morgan fingerprint density at radius 2 is 2.14 bits per heavy atom. The monoisotopic (exact) mass is 324 g/mol. The number of amides is 1. The van der Waals surface area contributed by atoms with Gasteiger partial charge in [0.1, 0.15) is 11.5 Å². The van der Waals surface area contributed by atoms with Crippen molar-refractivity contribution in [2.75, 3.05) is 18.5 Å². The Hall–Kier alpha value is -1.59. The van der Waals surface area contributed by atoms with Crippen LogP contribution in [0.15, 0.2) is 39.6 Å². The molecule has 2 aromatic rings. The quantitative estimate of drug-likeness (QED) is 0.674. The van der Waals surface area contributed by atoms with Crippen LogP contribution in [0.4, 0.5) is 5.69 Å². The van der Waals surface area contributed by atoms with Gasteiger partial charge in [-0.15, -0.1) is 11.8 Å². The SMILES string of the molecule is Cc1ccc(CN(C)C(=O)CSc2c(N)cccc2Cl)o1. The second kappa shape index (κ2) is 6.91. The average molecular weight is 325 g/mol. The molecular formula is C15H17ClN2O2S. The van der Waals surface area contributed by atoms with Crippen LogP contribution in [0, 0.1) is 6.92 Å². The molecule has 0 spiro atoms. The summed E-state index contributed by atoms with van der Waals surface area (Å²) in [5.41, 5.74) is 6.45. The van der Waals surface area contributed by atoms with Crippen LogP contribution in [0.2, 0.25) is 5.02 Å². The van der Waals surface area contributed by atoms with Crippen molar-refractivity contribution in [1.82, 2.24) is 4.90 Å². The molecule has 112 valence electrons. The fourth-order valence-electron chi connectivity index (χ4n) is 1.81. The van der Waals surface area contributed by atoms with Crippen LogP contribution in [0.25, 0.3) is 0 Å². The van der Waals surface area contributed by atoms with Gasteiger partial charge in [-0.1, -0.05) is 17.7 Å². The van der Waals surface area contributed by atoms with Crippen LogP contribution in [-0.4, -0.2) is 23.6 Å². The molecule has 0 fully saturated rings. The maximum atomic E-state index is 12.1. The number of furan rings is 1. The Balaban J connectivity index is 1.92. The highest BCUT2D eigenvalue weighted by Crippen LogP contribution is 2.32. The van der Waals surface area contributed by atoms with Crippen LogP contribution in [0.1, 0.15) is 11.5 Å². The average Bonchev–Trinajstić information content (AvgIpc) is 2.83. The molecule has 0 atom stereocenters. The van der Waals surface area contributed by atoms with Gasteiger partial charge >= 0.3 is 0 Å². The molecule has 2 rings (SSSR count). The van der Waals surface area contributed by atoms with Gasteiger partial charge in [-0.25, -0.2) is 0 Å². The van der Waals surface area contributed by atoms with E-state index in [0.29, 0.717) is 17.3 Å². The normalized spacial score (nSPS) is 10.6. The number of carbonyl (C=O) groups is 1. The minimum atomic E-state index is -0.00614. The third-order valence-corrected chi connectivity index (χ3v) is 4.51. The summed E-state index contributed by atoms with van der Waals surface area (Å²) in [6.07, 6.45) is 0. The van der Waals surface area contributed by atoms with Gasteiger partial charge in [0.25, 0.3) is 0 Å². The molecule has 1 heterocycles. The molecule has 0 aliphatic heterocycles. The first-order valence-electron chi connectivity index (χ1n) is 6.43. The molecule has 21 heavy (non-hydrogen) atoms. The number of thioether (sulfide) groups is 1. The Morgan fingerprint density at radius 3 is 2.76 bits per heavy atom. The summed E-state index contributed by atoms with van der Waals surface area (Å²) >= 11 is 7.43. The number of hydrogen-bond acceptors (Lipinski definition) is 4. The van der Waals surface area contributed by atoms with E-state index >= 15 is 0 Å². The minimum Gasteiger partial charge on any atom is -0.464 e. The van der Waals surface area contributed by atoms with E-state index in [1.807, 2.05) is 19.1 Å². The molecule has 0 unspecified atom stereocenters. The van der Waals surface area contributed by atoms with Crippen LogP contribution >= 0.6 is 23.4 Å². The third-order valence-electron chi connectivity index (χ3n) is 2.95. The zero-order valence-corrected chi connectivity index (χ0v) is 13.5. The third kappa shape index (κ3) is 4.19. The summed E-state index contributed by atoms with van der Waals surface area (Å²) in [6.45, 7) is 2.33. The predicted octanol–water partition coefficient (Wildman–Crippen LogP) is 3.57. The van der Waals surface area contributed by atoms with Gasteiger partial charge in [0, 0.05) is 17.6 Å². The molecule has 0 saturated heterocycles. The lowest BCUT2D eigenvalue weighted by atomic mass is 10.3. The standard InChI is InChI=1S/C15H17ClN2O2S/c1-10-6-7-11(20-10)8-18(2)14(19)9-21-15-12(16)4-3-5-13(15)17/h3-7H,8-9,17H2,1-2H3. The van der Waals surface area contributed by atoms with E-state index in [2.05, 4.69) is 0 Å². The fraction of sp³-hybridized carbons (Fsp3) is 0.267. The zero-order chi connectivity index (χ0) is 15.4. The van der Waals surface area contributed by atoms with Crippen LogP contribution in [-0.2, 0) is 11.3 Å². The maximum Gasteiger partial charge on any atom is 0.233 e. The Labute approximate surface area is 133 Å². The summed E-state index contributed by atoms with van der Waals surface area (Å²) in [5, 5.41) is 0.567. The second-order valence-electron chi connectivity index (χ2n) is 4.71. The van der Waals surface area contributed by atoms with Crippen molar-refractivity contribution in [3.05, 3.63) is 46.9 Å². The molecule has 1 amide bonds. The molecule has 0 aliphatic rings. The van der Waals surface area contributed by atoms with Crippen molar-refractivity contribution in [3.8, 4) is 0 Å². The first kappa shape index (κ1) is 15.8. The van der Waals surface area contributed by atoms with E-state index in [9.17, 15) is 4.79 Å². The van der Waals surface area contributed by atoms with E-state index in [4.69, 9.17) is 21.8 Å². The van der Waals surface area contributed by atoms with E-state index in [-0.39, 0.29) is 11.7 Å². The first-order chi connectivity index (χ1) is 9.97. The lowest BCUT2D eigenvalue weighted by Gasteiger charge is -2.16. The second-order valence-corrected chi connectivity index (χ2v) is 6.10. The molecule has 0 saturated carbocycles. The minimum absolute atomic E-state index is 0.00614. The Kier molecular flexibility index (Phi) is 5.20. The lowest BCUT2D eigenvalue weighted by molar-refractivity contribution is -0.127. The number of rotatable bonds is 5. The Morgan fingerprint density at radius 1 is 1.38 bits per heavy atom. The van der Waals surface area contributed by atoms with Crippen LogP contribution < -0.4 is 5.73 Å². The van der Waals surface area contributed by atoms with Gasteiger partial charge < -0.3 is 15.1 Å². The summed E-state index contributed by atoms with van der Waals surface area (Å²) < 4.78 is 5.46. The van der Waals surface area contributed by atoms with E-state index in [1.54, 1.807) is 30.1 Å². The Bertz CT molecular complexity index is 622. The van der Waals surface area contributed by atoms with Crippen molar-refractivity contribution >= 4 is 35.0 Å². The maximum absolute atomic E-state index is 12.1. The van der Waals surface area contributed by atoms with Crippen molar-refractivity contribution in [3.63, 3.8) is 0 Å². The number of nitrogens with two attached hydrogens (primary N) is 1. The number of anilines is 1. The molecule has 6 heteroatoms. The summed E-state index contributed by atoms with van der Waals surface area (Å²) in [4.78, 5) is 14.5. The summed E-state index contributed by atoms with van der Waals surface area (Å²) in [6, 6.07) is 9.08. The number of benzene rings is 1. The van der Waals surface area contributed by atoms with E-state index in [0.717, 1.165) is 16.4 Å². The largest absolute Gasteiger partial charge is 0.464 e. The highest BCUT2D eigenvalue weighted by atomic mass is 35.5. The molecule has 4 nitrogen and oxygen atoms in total. The fourth-order valence-corrected chi connectivity index (χ4v) is 3.09. The van der Waals surface area contributed by atoms with Crippen LogP contribution in [0.5, 0.6) is 0 Å². The highest BCUT2D eigenvalue weighted by molar-refractivity contribution is 8.00. The highest BCUT2D eigenvalue weighted by Gasteiger charge is 2.13. The molecule has 2 N–H and O–H groups in total. The number of nitrogen functional groups attached to an aromatic ring is 1. The predicted molar refractivity (Wildman–Crippen MR) is 86.5 cm³/mol. The van der Waals surface area contributed by atoms with Crippen molar-refractivity contribution < 1.29 is 9.21 Å². The van der Waals surface area contributed by atoms with Gasteiger partial charge in [-0.2, -0.15) is 0 Å².